The third kappa shape index (κ3) is 6.42. The fourth-order valence-corrected chi connectivity index (χ4v) is 5.91. The van der Waals surface area contributed by atoms with Gasteiger partial charge in [-0.2, -0.15) is 18.3 Å². The van der Waals surface area contributed by atoms with E-state index in [0.29, 0.717) is 48.9 Å². The number of fused-ring (bicyclic) bond motifs is 2. The van der Waals surface area contributed by atoms with Crippen LogP contribution in [-0.2, 0) is 32.4 Å². The Labute approximate surface area is 241 Å². The highest BCUT2D eigenvalue weighted by molar-refractivity contribution is 7.10. The number of aromatic nitrogens is 3. The predicted octanol–water partition coefficient (Wildman–Crippen LogP) is 2.28. The molecule has 3 aromatic rings. The van der Waals surface area contributed by atoms with E-state index in [0.717, 1.165) is 28.7 Å². The molecule has 42 heavy (non-hydrogen) atoms. The smallest absolute Gasteiger partial charge is 0.335 e. The first-order valence-corrected chi connectivity index (χ1v) is 13.5. The lowest BCUT2D eigenvalue weighted by Gasteiger charge is -2.45. The number of carboxylic acids is 2. The van der Waals surface area contributed by atoms with Crippen LogP contribution in [0.25, 0.3) is 5.82 Å². The summed E-state index contributed by atoms with van der Waals surface area (Å²) in [6.45, 7) is 3.22. The van der Waals surface area contributed by atoms with E-state index in [-0.39, 0.29) is 5.56 Å². The van der Waals surface area contributed by atoms with Crippen LogP contribution < -0.4 is 4.74 Å². The van der Waals surface area contributed by atoms with Crippen molar-refractivity contribution in [2.45, 2.75) is 50.0 Å². The van der Waals surface area contributed by atoms with Gasteiger partial charge in [-0.3, -0.25) is 4.90 Å². The van der Waals surface area contributed by atoms with E-state index in [9.17, 15) is 22.8 Å². The SMILES string of the molecule is COc1cccnc1-n1cc(CN2CCC3(CC2)OCC(F)(F)c2cc(F)sc23)c(C)n1.O=C(O)[C@H](O)[C@@H](O)C(=O)O. The number of aliphatic hydroxyl groups is 2. The largest absolute Gasteiger partial charge is 0.493 e. The molecule has 1 fully saturated rings. The first-order chi connectivity index (χ1) is 19.8. The molecule has 5 heterocycles. The second-order valence-electron chi connectivity index (χ2n) is 9.84. The average molecular weight is 615 g/mol. The number of aliphatic hydroxyl groups excluding tert-OH is 2. The Bertz CT molecular complexity index is 1420. The lowest BCUT2D eigenvalue weighted by molar-refractivity contribution is -0.182. The van der Waals surface area contributed by atoms with E-state index in [4.69, 9.17) is 29.9 Å². The second kappa shape index (κ2) is 12.3. The maximum atomic E-state index is 14.2. The minimum absolute atomic E-state index is 0.207. The predicted molar refractivity (Wildman–Crippen MR) is 140 cm³/mol. The molecule has 0 aromatic carbocycles. The van der Waals surface area contributed by atoms with Gasteiger partial charge >= 0.3 is 11.9 Å². The standard InChI is InChI=1S/C22H23F3N4O2S.C4H6O6/c1-14-15(12-29(27-14)20-17(30-2)4-3-7-26-20)11-28-8-5-21(6-9-28)19-16(10-18(23)32-19)22(24,25)13-31-21;5-1(3(7)8)2(6)4(9)10/h3-4,7,10,12H,5-6,8-9,11,13H2,1-2H3;1-2,5-6H,(H,7,8)(H,9,10)/t;1-,2-/m.1/s1. The zero-order valence-electron chi connectivity index (χ0n) is 22.5. The molecule has 0 radical (unpaired) electrons. The van der Waals surface area contributed by atoms with Crippen LogP contribution in [-0.4, -0.2) is 91.0 Å². The Morgan fingerprint density at radius 3 is 2.43 bits per heavy atom. The maximum Gasteiger partial charge on any atom is 0.335 e. The molecule has 4 N–H and O–H groups in total. The molecule has 0 saturated carbocycles. The molecule has 2 aliphatic rings. The number of thiophene rings is 1. The average Bonchev–Trinajstić information content (AvgIpc) is 3.55. The van der Waals surface area contributed by atoms with Crippen molar-refractivity contribution in [1.82, 2.24) is 19.7 Å². The van der Waals surface area contributed by atoms with Gasteiger partial charge in [0.15, 0.2) is 28.9 Å². The van der Waals surface area contributed by atoms with E-state index in [1.807, 2.05) is 19.2 Å². The third-order valence-corrected chi connectivity index (χ3v) is 8.20. The molecule has 5 rings (SSSR count). The van der Waals surface area contributed by atoms with Crippen molar-refractivity contribution in [1.29, 1.82) is 0 Å². The first-order valence-electron chi connectivity index (χ1n) is 12.7. The normalized spacial score (nSPS) is 18.8. The van der Waals surface area contributed by atoms with Gasteiger partial charge < -0.3 is 29.9 Å². The van der Waals surface area contributed by atoms with Crippen LogP contribution in [0.3, 0.4) is 0 Å². The summed E-state index contributed by atoms with van der Waals surface area (Å²) in [4.78, 5) is 26.5. The fourth-order valence-electron chi connectivity index (χ4n) is 4.77. The van der Waals surface area contributed by atoms with Crippen molar-refractivity contribution >= 4 is 23.3 Å². The molecule has 0 unspecified atom stereocenters. The minimum atomic E-state index is -3.14. The van der Waals surface area contributed by atoms with Gasteiger partial charge in [0.05, 0.1) is 12.8 Å². The Morgan fingerprint density at radius 1 is 1.19 bits per heavy atom. The van der Waals surface area contributed by atoms with Gasteiger partial charge in [-0.1, -0.05) is 0 Å². The highest BCUT2D eigenvalue weighted by atomic mass is 32.1. The number of rotatable bonds is 7. The summed E-state index contributed by atoms with van der Waals surface area (Å²) >= 11 is 0.788. The summed E-state index contributed by atoms with van der Waals surface area (Å²) in [5.41, 5.74) is 0.895. The fraction of sp³-hybridized carbons (Fsp3) is 0.462. The summed E-state index contributed by atoms with van der Waals surface area (Å²) in [5.74, 6) is -5.43. The zero-order chi connectivity index (χ0) is 30.8. The summed E-state index contributed by atoms with van der Waals surface area (Å²) in [6.07, 6.45) is 0.173. The number of halogens is 3. The number of likely N-dealkylation sites (tertiary alicyclic amines) is 1. The topological polar surface area (TPSA) is 167 Å². The molecule has 2 atom stereocenters. The lowest BCUT2D eigenvalue weighted by Crippen LogP contribution is -2.48. The summed E-state index contributed by atoms with van der Waals surface area (Å²) < 4.78 is 55.1. The Balaban J connectivity index is 0.000000349. The minimum Gasteiger partial charge on any atom is -0.493 e. The molecular weight excluding hydrogens is 585 g/mol. The van der Waals surface area contributed by atoms with Crippen molar-refractivity contribution in [2.24, 2.45) is 0 Å². The van der Waals surface area contributed by atoms with Crippen LogP contribution in [0.15, 0.2) is 30.6 Å². The number of aryl methyl sites for hydroxylation is 1. The Hall–Kier alpha value is -3.57. The summed E-state index contributed by atoms with van der Waals surface area (Å²) in [5, 5.41) is 36.5. The first kappa shape index (κ1) is 31.4. The van der Waals surface area contributed by atoms with Crippen molar-refractivity contribution < 1.29 is 52.7 Å². The van der Waals surface area contributed by atoms with E-state index < -0.39 is 47.4 Å². The quantitative estimate of drug-likeness (QED) is 0.308. The van der Waals surface area contributed by atoms with Gasteiger partial charge in [0.2, 0.25) is 0 Å². The van der Waals surface area contributed by atoms with Crippen molar-refractivity contribution in [2.75, 3.05) is 26.8 Å². The number of nitrogens with zero attached hydrogens (tertiary/aromatic N) is 4. The molecule has 1 spiro atoms. The molecule has 0 aliphatic carbocycles. The number of pyridine rings is 1. The van der Waals surface area contributed by atoms with E-state index in [1.165, 1.54) is 0 Å². The number of carbonyl (C=O) groups is 2. The van der Waals surface area contributed by atoms with Crippen LogP contribution in [0.2, 0.25) is 0 Å². The number of ether oxygens (including phenoxy) is 2. The van der Waals surface area contributed by atoms with Gasteiger partial charge in [0, 0.05) is 48.0 Å². The molecule has 1 saturated heterocycles. The molecule has 228 valence electrons. The zero-order valence-corrected chi connectivity index (χ0v) is 23.4. The highest BCUT2D eigenvalue weighted by Crippen LogP contribution is 2.51. The molecule has 2 aliphatic heterocycles. The van der Waals surface area contributed by atoms with Crippen LogP contribution in [0, 0.1) is 12.1 Å². The lowest BCUT2D eigenvalue weighted by atomic mass is 9.84. The van der Waals surface area contributed by atoms with E-state index >= 15 is 0 Å². The van der Waals surface area contributed by atoms with Crippen LogP contribution in [0.1, 0.15) is 34.5 Å². The van der Waals surface area contributed by atoms with Gasteiger partial charge in [0.25, 0.3) is 5.92 Å². The maximum absolute atomic E-state index is 14.2. The van der Waals surface area contributed by atoms with Gasteiger partial charge in [-0.15, -0.1) is 11.3 Å². The second-order valence-corrected chi connectivity index (χ2v) is 10.8. The van der Waals surface area contributed by atoms with Gasteiger partial charge in [-0.25, -0.2) is 19.3 Å². The van der Waals surface area contributed by atoms with Crippen molar-refractivity contribution in [3.8, 4) is 11.6 Å². The number of piperidine rings is 1. The van der Waals surface area contributed by atoms with Gasteiger partial charge in [-0.05, 0) is 38.0 Å². The third-order valence-electron chi connectivity index (χ3n) is 7.09. The summed E-state index contributed by atoms with van der Waals surface area (Å²) in [7, 11) is 1.59. The number of methoxy groups -OCH3 is 1. The Kier molecular flexibility index (Phi) is 9.22. The van der Waals surface area contributed by atoms with Gasteiger partial charge in [0.1, 0.15) is 12.2 Å². The number of hydrogen-bond acceptors (Lipinski definition) is 10. The van der Waals surface area contributed by atoms with Crippen LogP contribution >= 0.6 is 11.3 Å². The molecule has 0 amide bonds. The Morgan fingerprint density at radius 2 is 1.83 bits per heavy atom. The molecule has 3 aromatic heterocycles. The van der Waals surface area contributed by atoms with Crippen molar-refractivity contribution in [3.05, 3.63) is 57.4 Å². The van der Waals surface area contributed by atoms with E-state index in [1.54, 1.807) is 24.1 Å². The monoisotopic (exact) mass is 614 g/mol. The molecule has 12 nitrogen and oxygen atoms in total. The van der Waals surface area contributed by atoms with Crippen molar-refractivity contribution in [3.63, 3.8) is 0 Å². The molecule has 0 bridgehead atoms. The number of aliphatic carboxylic acids is 2. The summed E-state index contributed by atoms with van der Waals surface area (Å²) in [6, 6.07) is 4.61. The molecule has 16 heteroatoms. The van der Waals surface area contributed by atoms with Crippen LogP contribution in [0.4, 0.5) is 13.2 Å². The number of hydrogen-bond donors (Lipinski definition) is 4. The van der Waals surface area contributed by atoms with Crippen LogP contribution in [0.5, 0.6) is 5.75 Å². The van der Waals surface area contributed by atoms with E-state index in [2.05, 4.69) is 15.0 Å². The highest BCUT2D eigenvalue weighted by Gasteiger charge is 2.51. The number of carboxylic acid groups (broad SMARTS) is 2. The molecular formula is C26H29F3N4O8S. The number of alkyl halides is 2.